The van der Waals surface area contributed by atoms with Crippen molar-refractivity contribution < 1.29 is 51.4 Å². The van der Waals surface area contributed by atoms with Crippen LogP contribution in [0.4, 0.5) is 0 Å². The van der Waals surface area contributed by atoms with Crippen molar-refractivity contribution in [3.8, 4) is 0 Å². The summed E-state index contributed by atoms with van der Waals surface area (Å²) in [5, 5.41) is 37.4. The average molecular weight is 354 g/mol. The van der Waals surface area contributed by atoms with E-state index in [4.69, 9.17) is 0 Å². The Hall–Kier alpha value is -0.0269. The van der Waals surface area contributed by atoms with Gasteiger partial charge in [-0.15, -0.1) is 19.8 Å². The van der Waals surface area contributed by atoms with Crippen LogP contribution in [0.3, 0.4) is 0 Å². The van der Waals surface area contributed by atoms with Crippen LogP contribution in [-0.2, 0) is 31.0 Å². The Balaban J connectivity index is -0.0000000459. The Morgan fingerprint density at radius 2 is 1.00 bits per heavy atom. The first-order chi connectivity index (χ1) is 8.39. The van der Waals surface area contributed by atoms with Gasteiger partial charge in [0.2, 0.25) is 0 Å². The predicted molar refractivity (Wildman–Crippen MR) is 65.3 cm³/mol. The Morgan fingerprint density at radius 3 is 1.00 bits per heavy atom. The van der Waals surface area contributed by atoms with Crippen LogP contribution in [0.2, 0.25) is 0 Å². The molecular weight excluding hydrogens is 327 g/mol. The molecule has 0 aromatic carbocycles. The summed E-state index contributed by atoms with van der Waals surface area (Å²) < 4.78 is 0. The molecule has 0 heterocycles. The number of carboxylic acids is 1. The standard InChI is InChI=1S/C4H6O2.3C3H7O.Zr/c1-3(2)4(5)6;3*1-2-3-4;/h1H2,2H3,(H,5,6);3*2-3H2,1H3;/q;3*-1;+4/p-1. The van der Waals surface area contributed by atoms with E-state index in [1.807, 2.05) is 20.8 Å². The zero-order valence-corrected chi connectivity index (χ0v) is 14.9. The maximum atomic E-state index is 9.49. The summed E-state index contributed by atoms with van der Waals surface area (Å²) in [4.78, 5) is 9.49. The third-order valence-corrected chi connectivity index (χ3v) is 0.961. The van der Waals surface area contributed by atoms with Crippen LogP contribution in [0, 0.1) is 0 Å². The van der Waals surface area contributed by atoms with E-state index in [2.05, 4.69) is 6.58 Å². The van der Waals surface area contributed by atoms with Crippen LogP contribution in [0.1, 0.15) is 47.0 Å². The molecule has 0 radical (unpaired) electrons. The molecule has 0 fully saturated rings. The second kappa shape index (κ2) is 36.1. The molecule has 0 aromatic rings. The van der Waals surface area contributed by atoms with Gasteiger partial charge in [0, 0.05) is 0 Å². The van der Waals surface area contributed by atoms with E-state index in [0.29, 0.717) is 0 Å². The smallest absolute Gasteiger partial charge is 0.854 e. The maximum absolute atomic E-state index is 9.49. The van der Waals surface area contributed by atoms with Crippen molar-refractivity contribution in [1.82, 2.24) is 0 Å². The third-order valence-electron chi connectivity index (χ3n) is 0.961. The molecule has 6 heteroatoms. The van der Waals surface area contributed by atoms with Crippen molar-refractivity contribution in [2.75, 3.05) is 19.8 Å². The van der Waals surface area contributed by atoms with Crippen molar-refractivity contribution >= 4 is 5.97 Å². The van der Waals surface area contributed by atoms with Gasteiger partial charge in [0.05, 0.1) is 5.97 Å². The molecule has 112 valence electrons. The molecule has 0 atom stereocenters. The van der Waals surface area contributed by atoms with E-state index in [1.165, 1.54) is 6.92 Å². The van der Waals surface area contributed by atoms with Crippen LogP contribution in [-0.4, -0.2) is 25.8 Å². The van der Waals surface area contributed by atoms with Crippen LogP contribution < -0.4 is 20.4 Å². The van der Waals surface area contributed by atoms with Gasteiger partial charge in [0.1, 0.15) is 0 Å². The quantitative estimate of drug-likeness (QED) is 0.576. The van der Waals surface area contributed by atoms with Crippen molar-refractivity contribution in [3.05, 3.63) is 12.2 Å². The number of hydrogen-bond acceptors (Lipinski definition) is 5. The summed E-state index contributed by atoms with van der Waals surface area (Å²) in [7, 11) is 0. The normalized spacial score (nSPS) is 7.11. The summed E-state index contributed by atoms with van der Waals surface area (Å²) >= 11 is 0. The number of carbonyl (C=O) groups is 1. The molecule has 0 rings (SSSR count). The van der Waals surface area contributed by atoms with Crippen molar-refractivity contribution in [1.29, 1.82) is 0 Å². The minimum Gasteiger partial charge on any atom is -0.854 e. The third kappa shape index (κ3) is 94.3. The van der Waals surface area contributed by atoms with Gasteiger partial charge >= 0.3 is 26.2 Å². The topological polar surface area (TPSA) is 109 Å². The number of carboxylic acid groups (broad SMARTS) is 1. The fraction of sp³-hybridized carbons (Fsp3) is 0.769. The first-order valence-corrected chi connectivity index (χ1v) is 6.00. The second-order valence-electron chi connectivity index (χ2n) is 3.18. The van der Waals surface area contributed by atoms with Crippen molar-refractivity contribution in [3.63, 3.8) is 0 Å². The largest absolute Gasteiger partial charge is 4.00 e. The minimum atomic E-state index is -1.19. The van der Waals surface area contributed by atoms with Gasteiger partial charge < -0.3 is 25.2 Å². The number of rotatable bonds is 4. The molecule has 0 unspecified atom stereocenters. The van der Waals surface area contributed by atoms with E-state index < -0.39 is 5.97 Å². The number of aliphatic carboxylic acids is 1. The van der Waals surface area contributed by atoms with E-state index in [1.54, 1.807) is 0 Å². The zero-order chi connectivity index (χ0) is 15.4. The predicted octanol–water partition coefficient (Wildman–Crippen LogP) is -1.42. The summed E-state index contributed by atoms with van der Waals surface area (Å²) in [6.07, 6.45) is 2.29. The fourth-order valence-corrected chi connectivity index (χ4v) is 0. The first-order valence-electron chi connectivity index (χ1n) is 6.00. The molecule has 0 spiro atoms. The molecule has 0 aliphatic rings. The molecule has 19 heavy (non-hydrogen) atoms. The molecule has 0 bridgehead atoms. The summed E-state index contributed by atoms with van der Waals surface area (Å²) in [5.74, 6) is -1.19. The van der Waals surface area contributed by atoms with Crippen molar-refractivity contribution in [2.24, 2.45) is 0 Å². The first kappa shape index (κ1) is 31.4. The maximum Gasteiger partial charge on any atom is 4.00 e. The average Bonchev–Trinajstić information content (AvgIpc) is 2.39. The fourth-order valence-electron chi connectivity index (χ4n) is 0. The van der Waals surface area contributed by atoms with Gasteiger partial charge in [-0.3, -0.25) is 0 Å². The molecule has 0 aliphatic carbocycles. The molecular formula is C13H26O5Zr. The molecule has 0 saturated heterocycles. The molecule has 0 N–H and O–H groups in total. The monoisotopic (exact) mass is 352 g/mol. The van der Waals surface area contributed by atoms with Crippen LogP contribution in [0.15, 0.2) is 12.2 Å². The van der Waals surface area contributed by atoms with E-state index in [-0.39, 0.29) is 51.6 Å². The molecule has 0 saturated carbocycles. The van der Waals surface area contributed by atoms with E-state index in [9.17, 15) is 25.2 Å². The van der Waals surface area contributed by atoms with Gasteiger partial charge in [-0.2, -0.15) is 0 Å². The summed E-state index contributed by atoms with van der Waals surface area (Å²) in [5.41, 5.74) is 0.0648. The van der Waals surface area contributed by atoms with Crippen molar-refractivity contribution in [2.45, 2.75) is 47.0 Å². The molecule has 0 aliphatic heterocycles. The van der Waals surface area contributed by atoms with Gasteiger partial charge in [-0.25, -0.2) is 0 Å². The van der Waals surface area contributed by atoms with Crippen LogP contribution in [0.5, 0.6) is 0 Å². The Bertz CT molecular complexity index is 136. The van der Waals surface area contributed by atoms with E-state index in [0.717, 1.165) is 19.3 Å². The molecule has 0 aromatic heterocycles. The second-order valence-corrected chi connectivity index (χ2v) is 3.18. The minimum absolute atomic E-state index is 0. The Labute approximate surface area is 136 Å². The van der Waals surface area contributed by atoms with Gasteiger partial charge in [-0.1, -0.05) is 46.6 Å². The van der Waals surface area contributed by atoms with Gasteiger partial charge in [0.15, 0.2) is 0 Å². The van der Waals surface area contributed by atoms with E-state index >= 15 is 0 Å². The SMILES string of the molecule is C=C(C)C(=O)[O-].CCC[O-].CCC[O-].CCC[O-].[Zr+4]. The number of carbonyl (C=O) groups excluding carboxylic acids is 1. The Kier molecular flexibility index (Phi) is 59.7. The number of hydrogen-bond donors (Lipinski definition) is 0. The molecule has 5 nitrogen and oxygen atoms in total. The Morgan fingerprint density at radius 1 is 0.895 bits per heavy atom. The van der Waals surface area contributed by atoms with Gasteiger partial charge in [-0.05, 0) is 12.5 Å². The van der Waals surface area contributed by atoms with Gasteiger partial charge in [0.25, 0.3) is 0 Å². The van der Waals surface area contributed by atoms with Crippen LogP contribution >= 0.6 is 0 Å². The summed E-state index contributed by atoms with van der Waals surface area (Å²) in [6, 6.07) is 0. The zero-order valence-electron chi connectivity index (χ0n) is 12.5. The summed E-state index contributed by atoms with van der Waals surface area (Å²) in [6.45, 7) is 10.3. The van der Waals surface area contributed by atoms with Crippen LogP contribution in [0.25, 0.3) is 0 Å². The molecule has 0 amide bonds.